The Morgan fingerprint density at radius 2 is 1.90 bits per heavy atom. The van der Waals surface area contributed by atoms with Gasteiger partial charge in [0.15, 0.2) is 0 Å². The zero-order chi connectivity index (χ0) is 21.0. The molecule has 3 rings (SSSR count). The lowest BCUT2D eigenvalue weighted by molar-refractivity contribution is -0.134. The fourth-order valence-corrected chi connectivity index (χ4v) is 4.89. The topological polar surface area (TPSA) is 49.4 Å². The summed E-state index contributed by atoms with van der Waals surface area (Å²) in [4.78, 5) is 29.1. The molecule has 0 saturated carbocycles. The first-order valence-electron chi connectivity index (χ1n) is 10.5. The van der Waals surface area contributed by atoms with Gasteiger partial charge in [0.1, 0.15) is 0 Å². The van der Waals surface area contributed by atoms with Crippen LogP contribution in [0.25, 0.3) is 10.4 Å². The normalized spacial score (nSPS) is 19.2. The molecule has 0 spiro atoms. The Morgan fingerprint density at radius 1 is 1.14 bits per heavy atom. The molecule has 1 N–H and O–H groups in total. The SMILES string of the molecule is CC(C)CC(=O)N1CC[C@](Cc2ccccc2-c2cccs2)(C(=O)NC(C)C)C1. The van der Waals surface area contributed by atoms with E-state index in [1.54, 1.807) is 11.3 Å². The summed E-state index contributed by atoms with van der Waals surface area (Å²) in [7, 11) is 0. The highest BCUT2D eigenvalue weighted by atomic mass is 32.1. The molecule has 5 heteroatoms. The minimum absolute atomic E-state index is 0.0633. The van der Waals surface area contributed by atoms with Crippen molar-refractivity contribution in [3.8, 4) is 10.4 Å². The van der Waals surface area contributed by atoms with Gasteiger partial charge in [-0.3, -0.25) is 9.59 Å². The van der Waals surface area contributed by atoms with Gasteiger partial charge in [0.2, 0.25) is 11.8 Å². The molecule has 0 radical (unpaired) electrons. The molecule has 0 unspecified atom stereocenters. The zero-order valence-corrected chi connectivity index (χ0v) is 18.7. The molecule has 1 aliphatic rings. The van der Waals surface area contributed by atoms with Gasteiger partial charge in [0.25, 0.3) is 0 Å². The van der Waals surface area contributed by atoms with Crippen molar-refractivity contribution >= 4 is 23.2 Å². The second-order valence-corrected chi connectivity index (χ2v) is 9.83. The largest absolute Gasteiger partial charge is 0.353 e. The third kappa shape index (κ3) is 5.08. The maximum absolute atomic E-state index is 13.3. The van der Waals surface area contributed by atoms with Crippen molar-refractivity contribution < 1.29 is 9.59 Å². The van der Waals surface area contributed by atoms with Gasteiger partial charge >= 0.3 is 0 Å². The van der Waals surface area contributed by atoms with Crippen LogP contribution in [0.3, 0.4) is 0 Å². The van der Waals surface area contributed by atoms with Crippen LogP contribution in [0.4, 0.5) is 0 Å². The third-order valence-electron chi connectivity index (χ3n) is 5.52. The van der Waals surface area contributed by atoms with Crippen molar-refractivity contribution in [2.24, 2.45) is 11.3 Å². The molecule has 1 aromatic heterocycles. The van der Waals surface area contributed by atoms with E-state index in [1.165, 1.54) is 16.0 Å². The van der Waals surface area contributed by atoms with Crippen LogP contribution in [0.5, 0.6) is 0 Å². The Kier molecular flexibility index (Phi) is 6.78. The minimum Gasteiger partial charge on any atom is -0.353 e. The van der Waals surface area contributed by atoms with E-state index in [0.717, 1.165) is 0 Å². The number of hydrogen-bond donors (Lipinski definition) is 1. The van der Waals surface area contributed by atoms with E-state index in [4.69, 9.17) is 0 Å². The molecule has 1 saturated heterocycles. The van der Waals surface area contributed by atoms with Crippen molar-refractivity contribution in [2.75, 3.05) is 13.1 Å². The van der Waals surface area contributed by atoms with Crippen molar-refractivity contribution in [2.45, 2.75) is 53.0 Å². The van der Waals surface area contributed by atoms with Crippen LogP contribution in [0, 0.1) is 11.3 Å². The number of carbonyl (C=O) groups excluding carboxylic acids is 2. The average Bonchev–Trinajstić information content (AvgIpc) is 3.32. The van der Waals surface area contributed by atoms with Gasteiger partial charge in [0, 0.05) is 30.4 Å². The van der Waals surface area contributed by atoms with Crippen LogP contribution in [-0.2, 0) is 16.0 Å². The first-order chi connectivity index (χ1) is 13.8. The van der Waals surface area contributed by atoms with Crippen LogP contribution >= 0.6 is 11.3 Å². The first-order valence-corrected chi connectivity index (χ1v) is 11.4. The Morgan fingerprint density at radius 3 is 2.55 bits per heavy atom. The molecule has 4 nitrogen and oxygen atoms in total. The quantitative estimate of drug-likeness (QED) is 0.714. The molecule has 2 amide bonds. The number of thiophene rings is 1. The summed E-state index contributed by atoms with van der Waals surface area (Å²) < 4.78 is 0. The molecule has 29 heavy (non-hydrogen) atoms. The van der Waals surface area contributed by atoms with Crippen molar-refractivity contribution in [1.29, 1.82) is 0 Å². The number of amides is 2. The van der Waals surface area contributed by atoms with E-state index in [0.29, 0.717) is 38.3 Å². The van der Waals surface area contributed by atoms with Gasteiger partial charge in [-0.1, -0.05) is 44.2 Å². The highest BCUT2D eigenvalue weighted by molar-refractivity contribution is 7.13. The molecule has 156 valence electrons. The van der Waals surface area contributed by atoms with Gasteiger partial charge < -0.3 is 10.2 Å². The van der Waals surface area contributed by atoms with E-state index in [9.17, 15) is 9.59 Å². The second kappa shape index (κ2) is 9.12. The highest BCUT2D eigenvalue weighted by Crippen LogP contribution is 2.39. The smallest absolute Gasteiger partial charge is 0.228 e. The van der Waals surface area contributed by atoms with Crippen molar-refractivity contribution in [1.82, 2.24) is 10.2 Å². The highest BCUT2D eigenvalue weighted by Gasteiger charge is 2.46. The first kappa shape index (κ1) is 21.6. The van der Waals surface area contributed by atoms with Crippen LogP contribution < -0.4 is 5.32 Å². The number of hydrogen-bond acceptors (Lipinski definition) is 3. The third-order valence-corrected chi connectivity index (χ3v) is 6.43. The second-order valence-electron chi connectivity index (χ2n) is 8.88. The van der Waals surface area contributed by atoms with Gasteiger partial charge in [-0.25, -0.2) is 0 Å². The van der Waals surface area contributed by atoms with Crippen LogP contribution in [0.1, 0.15) is 46.1 Å². The Labute approximate surface area is 178 Å². The number of nitrogens with one attached hydrogen (secondary N) is 1. The molecule has 2 heterocycles. The fraction of sp³-hybridized carbons (Fsp3) is 0.500. The summed E-state index contributed by atoms with van der Waals surface area (Å²) in [5.74, 6) is 0.542. The molecule has 2 aromatic rings. The van der Waals surface area contributed by atoms with Crippen molar-refractivity contribution in [3.63, 3.8) is 0 Å². The molecule has 1 aromatic carbocycles. The van der Waals surface area contributed by atoms with Crippen LogP contribution in [0.15, 0.2) is 41.8 Å². The number of benzene rings is 1. The Balaban J connectivity index is 1.90. The predicted molar refractivity (Wildman–Crippen MR) is 120 cm³/mol. The summed E-state index contributed by atoms with van der Waals surface area (Å²) in [5.41, 5.74) is 1.78. The number of carbonyl (C=O) groups is 2. The Hall–Kier alpha value is -2.14. The summed E-state index contributed by atoms with van der Waals surface area (Å²) >= 11 is 1.71. The maximum atomic E-state index is 13.3. The number of likely N-dealkylation sites (tertiary alicyclic amines) is 1. The van der Waals surface area contributed by atoms with E-state index in [1.807, 2.05) is 30.9 Å². The van der Waals surface area contributed by atoms with Gasteiger partial charge in [0.05, 0.1) is 5.41 Å². The molecule has 1 atom stereocenters. The number of nitrogens with zero attached hydrogens (tertiary/aromatic N) is 1. The molecular weight excluding hydrogens is 380 g/mol. The van der Waals surface area contributed by atoms with Gasteiger partial charge in [-0.05, 0) is 55.2 Å². The molecular formula is C24H32N2O2S. The lowest BCUT2D eigenvalue weighted by Crippen LogP contribution is -2.47. The zero-order valence-electron chi connectivity index (χ0n) is 17.9. The van der Waals surface area contributed by atoms with Crippen LogP contribution in [0.2, 0.25) is 0 Å². The van der Waals surface area contributed by atoms with E-state index < -0.39 is 5.41 Å². The minimum atomic E-state index is -0.579. The number of rotatable bonds is 7. The standard InChI is InChI=1S/C24H32N2O2S/c1-17(2)14-22(27)26-12-11-24(16-26,23(28)25-18(3)4)15-19-8-5-6-9-20(19)21-10-7-13-29-21/h5-10,13,17-18H,11-12,14-16H2,1-4H3,(H,25,28)/t24-/m1/s1. The monoisotopic (exact) mass is 412 g/mol. The summed E-state index contributed by atoms with van der Waals surface area (Å²) in [6, 6.07) is 12.6. The lowest BCUT2D eigenvalue weighted by Gasteiger charge is -2.30. The Bertz CT molecular complexity index is 844. The summed E-state index contributed by atoms with van der Waals surface area (Å²) in [6.07, 6.45) is 1.88. The fourth-order valence-electron chi connectivity index (χ4n) is 4.10. The average molecular weight is 413 g/mol. The van der Waals surface area contributed by atoms with Crippen molar-refractivity contribution in [3.05, 3.63) is 47.3 Å². The molecule has 1 aliphatic heterocycles. The van der Waals surface area contributed by atoms with Crippen LogP contribution in [-0.4, -0.2) is 35.8 Å². The van der Waals surface area contributed by atoms with E-state index in [-0.39, 0.29) is 17.9 Å². The summed E-state index contributed by atoms with van der Waals surface area (Å²) in [5, 5.41) is 5.20. The van der Waals surface area contributed by atoms with E-state index >= 15 is 0 Å². The van der Waals surface area contributed by atoms with E-state index in [2.05, 4.69) is 48.8 Å². The van der Waals surface area contributed by atoms with Gasteiger partial charge in [-0.15, -0.1) is 11.3 Å². The molecule has 0 bridgehead atoms. The predicted octanol–water partition coefficient (Wildman–Crippen LogP) is 4.75. The summed E-state index contributed by atoms with van der Waals surface area (Å²) in [6.45, 7) is 9.24. The maximum Gasteiger partial charge on any atom is 0.228 e. The van der Waals surface area contributed by atoms with Gasteiger partial charge in [-0.2, -0.15) is 0 Å². The lowest BCUT2D eigenvalue weighted by atomic mass is 9.78. The molecule has 1 fully saturated rings. The molecule has 0 aliphatic carbocycles.